The van der Waals surface area contributed by atoms with Gasteiger partial charge in [-0.25, -0.2) is 0 Å². The zero-order valence-electron chi connectivity index (χ0n) is 19.2. The third-order valence-corrected chi connectivity index (χ3v) is 10.3. The van der Waals surface area contributed by atoms with Crippen LogP contribution in [0.25, 0.3) is 0 Å². The molecule has 0 spiro atoms. The van der Waals surface area contributed by atoms with Crippen LogP contribution < -0.4 is 0 Å². The second kappa shape index (κ2) is 6.84. The summed E-state index contributed by atoms with van der Waals surface area (Å²) in [5, 5.41) is 0. The van der Waals surface area contributed by atoms with Crippen molar-refractivity contribution < 1.29 is 19.1 Å². The fraction of sp³-hybridized carbons (Fsp3) is 0.846. The van der Waals surface area contributed by atoms with Crippen molar-refractivity contribution >= 4 is 11.9 Å². The second-order valence-corrected chi connectivity index (χ2v) is 11.7. The van der Waals surface area contributed by atoms with Crippen LogP contribution in [0.2, 0.25) is 0 Å². The lowest BCUT2D eigenvalue weighted by Gasteiger charge is -2.59. The molecule has 166 valence electrons. The second-order valence-electron chi connectivity index (χ2n) is 11.7. The Kier molecular flexibility index (Phi) is 4.69. The summed E-state index contributed by atoms with van der Waals surface area (Å²) in [5.74, 6) is 2.57. The summed E-state index contributed by atoms with van der Waals surface area (Å²) in [7, 11) is 0. The summed E-state index contributed by atoms with van der Waals surface area (Å²) >= 11 is 0. The highest BCUT2D eigenvalue weighted by Crippen LogP contribution is 2.68. The van der Waals surface area contributed by atoms with Gasteiger partial charge in [-0.05, 0) is 86.9 Å². The van der Waals surface area contributed by atoms with Gasteiger partial charge in [0.15, 0.2) is 0 Å². The van der Waals surface area contributed by atoms with Crippen molar-refractivity contribution in [2.24, 2.45) is 34.5 Å². The number of esters is 2. The van der Waals surface area contributed by atoms with Gasteiger partial charge in [0.1, 0.15) is 11.7 Å². The van der Waals surface area contributed by atoms with E-state index >= 15 is 0 Å². The fourth-order valence-corrected chi connectivity index (χ4v) is 8.92. The van der Waals surface area contributed by atoms with Crippen LogP contribution in [0.3, 0.4) is 0 Å². The van der Waals surface area contributed by atoms with Gasteiger partial charge in [0.25, 0.3) is 0 Å². The molecule has 4 aliphatic carbocycles. The minimum Gasteiger partial charge on any atom is -0.462 e. The molecule has 1 aliphatic heterocycles. The van der Waals surface area contributed by atoms with E-state index in [0.717, 1.165) is 43.4 Å². The lowest BCUT2D eigenvalue weighted by Crippen LogP contribution is -2.53. The average Bonchev–Trinajstić information content (AvgIpc) is 3.21. The predicted molar refractivity (Wildman–Crippen MR) is 114 cm³/mol. The molecule has 1 saturated heterocycles. The Morgan fingerprint density at radius 1 is 1.07 bits per heavy atom. The van der Waals surface area contributed by atoms with Crippen molar-refractivity contribution in [3.63, 3.8) is 0 Å². The number of carbonyl (C=O) groups is 2. The van der Waals surface area contributed by atoms with Crippen LogP contribution in [0.1, 0.15) is 91.9 Å². The lowest BCUT2D eigenvalue weighted by molar-refractivity contribution is -0.159. The first-order chi connectivity index (χ1) is 14.2. The highest BCUT2D eigenvalue weighted by Gasteiger charge is 2.63. The maximum Gasteiger partial charge on any atom is 0.306 e. The molecule has 0 aromatic carbocycles. The van der Waals surface area contributed by atoms with Gasteiger partial charge in [-0.15, -0.1) is 0 Å². The van der Waals surface area contributed by atoms with E-state index in [9.17, 15) is 9.59 Å². The molecular formula is C26H38O4. The molecule has 0 amide bonds. The van der Waals surface area contributed by atoms with E-state index in [1.54, 1.807) is 5.57 Å². The van der Waals surface area contributed by atoms with E-state index in [1.807, 2.05) is 0 Å². The molecule has 8 atom stereocenters. The Bertz CT molecular complexity index is 786. The monoisotopic (exact) mass is 414 g/mol. The molecule has 3 saturated carbocycles. The molecule has 0 unspecified atom stereocenters. The Morgan fingerprint density at radius 3 is 2.57 bits per heavy atom. The molecule has 5 rings (SSSR count). The maximum atomic E-state index is 11.9. The number of hydrogen-bond donors (Lipinski definition) is 0. The van der Waals surface area contributed by atoms with Gasteiger partial charge in [0.2, 0.25) is 0 Å². The number of fused-ring (bicyclic) bond motifs is 5. The minimum atomic E-state index is -0.255. The van der Waals surface area contributed by atoms with Crippen molar-refractivity contribution in [1.29, 1.82) is 0 Å². The molecule has 0 bridgehead atoms. The van der Waals surface area contributed by atoms with Crippen molar-refractivity contribution in [2.75, 3.05) is 0 Å². The van der Waals surface area contributed by atoms with Crippen LogP contribution in [0, 0.1) is 34.5 Å². The topological polar surface area (TPSA) is 52.6 Å². The number of ether oxygens (including phenoxy) is 2. The average molecular weight is 415 g/mol. The van der Waals surface area contributed by atoms with Gasteiger partial charge >= 0.3 is 11.9 Å². The first-order valence-electron chi connectivity index (χ1n) is 12.2. The number of hydrogen-bond acceptors (Lipinski definition) is 4. The Morgan fingerprint density at radius 2 is 1.87 bits per heavy atom. The first-order valence-corrected chi connectivity index (χ1v) is 12.2. The van der Waals surface area contributed by atoms with E-state index < -0.39 is 0 Å². The summed E-state index contributed by atoms with van der Waals surface area (Å²) in [6.45, 7) is 8.75. The molecule has 0 aromatic heterocycles. The summed E-state index contributed by atoms with van der Waals surface area (Å²) < 4.78 is 11.5. The van der Waals surface area contributed by atoms with E-state index in [1.165, 1.54) is 39.0 Å². The van der Waals surface area contributed by atoms with Gasteiger partial charge in [-0.3, -0.25) is 9.59 Å². The van der Waals surface area contributed by atoms with Crippen LogP contribution >= 0.6 is 0 Å². The van der Waals surface area contributed by atoms with Gasteiger partial charge < -0.3 is 9.47 Å². The highest BCUT2D eigenvalue weighted by atomic mass is 16.6. The van der Waals surface area contributed by atoms with Crippen LogP contribution in [0.15, 0.2) is 11.6 Å². The molecule has 0 N–H and O–H groups in total. The van der Waals surface area contributed by atoms with E-state index in [4.69, 9.17) is 9.47 Å². The molecule has 5 aliphatic rings. The molecule has 1 heterocycles. The van der Waals surface area contributed by atoms with Crippen molar-refractivity contribution in [3.8, 4) is 0 Å². The lowest BCUT2D eigenvalue weighted by atomic mass is 9.46. The predicted octanol–water partition coefficient (Wildman–Crippen LogP) is 5.59. The standard InChI is InChI=1S/C26H38O4/c1-16(27)29-18-9-12-24(2)17(15-18)5-6-19-20-7-8-22(25(20,3)13-10-21(19)24)26(4)14-11-23(28)30-26/h5,18-22H,6-15H2,1-4H3/t18-,19-,20+,21-,22-,24-,25+,26+/m1/s1. The SMILES string of the molecule is CC(=O)O[C@@H]1CC[C@]2(C)C(=CC[C@H]3[C@H]2CC[C@]2(C)[C@H]([C@]4(C)CCC(=O)O4)CC[C@@H]32)C1. The highest BCUT2D eigenvalue weighted by molar-refractivity contribution is 5.72. The number of cyclic esters (lactones) is 1. The van der Waals surface area contributed by atoms with Gasteiger partial charge in [-0.1, -0.05) is 25.5 Å². The van der Waals surface area contributed by atoms with Crippen LogP contribution in [-0.2, 0) is 19.1 Å². The Balaban J connectivity index is 1.39. The Labute approximate surface area is 181 Å². The van der Waals surface area contributed by atoms with Crippen molar-refractivity contribution in [3.05, 3.63) is 11.6 Å². The maximum absolute atomic E-state index is 11.9. The quantitative estimate of drug-likeness (QED) is 0.436. The first kappa shape index (κ1) is 20.6. The third-order valence-electron chi connectivity index (χ3n) is 10.3. The third kappa shape index (κ3) is 2.92. The number of allylic oxidation sites excluding steroid dienone is 1. The van der Waals surface area contributed by atoms with E-state index in [2.05, 4.69) is 26.8 Å². The van der Waals surface area contributed by atoms with Crippen LogP contribution in [-0.4, -0.2) is 23.6 Å². The number of carbonyl (C=O) groups excluding carboxylic acids is 2. The van der Waals surface area contributed by atoms with Gasteiger partial charge in [0.05, 0.1) is 0 Å². The van der Waals surface area contributed by atoms with Crippen molar-refractivity contribution in [2.45, 2.75) is 104 Å². The van der Waals surface area contributed by atoms with E-state index in [-0.39, 0.29) is 34.5 Å². The van der Waals surface area contributed by atoms with Crippen LogP contribution in [0.4, 0.5) is 0 Å². The van der Waals surface area contributed by atoms with Gasteiger partial charge in [0, 0.05) is 25.7 Å². The summed E-state index contributed by atoms with van der Waals surface area (Å²) in [5.41, 5.74) is 1.85. The van der Waals surface area contributed by atoms with Gasteiger partial charge in [-0.2, -0.15) is 0 Å². The largest absolute Gasteiger partial charge is 0.462 e. The molecule has 4 fully saturated rings. The van der Waals surface area contributed by atoms with E-state index in [0.29, 0.717) is 12.3 Å². The molecule has 0 radical (unpaired) electrons. The smallest absolute Gasteiger partial charge is 0.306 e. The summed E-state index contributed by atoms with van der Waals surface area (Å²) in [4.78, 5) is 23.4. The van der Waals surface area contributed by atoms with Crippen molar-refractivity contribution in [1.82, 2.24) is 0 Å². The number of rotatable bonds is 2. The fourth-order valence-electron chi connectivity index (χ4n) is 8.92. The zero-order valence-corrected chi connectivity index (χ0v) is 19.2. The molecule has 4 heteroatoms. The zero-order chi connectivity index (χ0) is 21.3. The minimum absolute atomic E-state index is 0.000489. The molecule has 30 heavy (non-hydrogen) atoms. The Hall–Kier alpha value is -1.32. The summed E-state index contributed by atoms with van der Waals surface area (Å²) in [6.07, 6.45) is 13.3. The molecular weight excluding hydrogens is 376 g/mol. The molecule has 4 nitrogen and oxygen atoms in total. The molecule has 0 aromatic rings. The summed E-state index contributed by atoms with van der Waals surface area (Å²) in [6, 6.07) is 0. The van der Waals surface area contributed by atoms with Crippen LogP contribution in [0.5, 0.6) is 0 Å². The normalized spacial score (nSPS) is 50.1.